The maximum atomic E-state index is 13.4. The molecule has 0 aliphatic carbocycles. The Balaban J connectivity index is 1.93. The number of hydrogen-bond donors (Lipinski definition) is 3. The molecule has 0 radical (unpaired) electrons. The van der Waals surface area contributed by atoms with Crippen molar-refractivity contribution in [3.63, 3.8) is 0 Å². The van der Waals surface area contributed by atoms with E-state index in [0.29, 0.717) is 0 Å². The second-order valence-electron chi connectivity index (χ2n) is 9.71. The molecule has 0 bridgehead atoms. The molecule has 3 aromatic rings. The van der Waals surface area contributed by atoms with Crippen molar-refractivity contribution in [3.05, 3.63) is 51.1 Å². The van der Waals surface area contributed by atoms with Gasteiger partial charge < -0.3 is 14.8 Å². The van der Waals surface area contributed by atoms with Crippen LogP contribution in [0, 0.1) is 13.8 Å². The summed E-state index contributed by atoms with van der Waals surface area (Å²) in [5.41, 5.74) is 3.62. The number of aromatic amines is 1. The Morgan fingerprint density at radius 3 is 2.52 bits per heavy atom. The molecule has 1 atom stereocenters. The molecule has 166 valence electrons. The van der Waals surface area contributed by atoms with Crippen molar-refractivity contribution in [1.82, 2.24) is 25.2 Å². The Morgan fingerprint density at radius 1 is 1.16 bits per heavy atom. The predicted molar refractivity (Wildman–Crippen MR) is 121 cm³/mol. The van der Waals surface area contributed by atoms with Crippen LogP contribution in [-0.4, -0.2) is 58.4 Å². The summed E-state index contributed by atoms with van der Waals surface area (Å²) in [7, 11) is 2.23. The summed E-state index contributed by atoms with van der Waals surface area (Å²) in [5, 5.41) is 14.0. The molecular formula is C23H35N7O+2. The first kappa shape index (κ1) is 21.6. The van der Waals surface area contributed by atoms with Crippen LogP contribution in [0.25, 0.3) is 10.9 Å². The van der Waals surface area contributed by atoms with E-state index < -0.39 is 0 Å². The van der Waals surface area contributed by atoms with Crippen LogP contribution < -0.4 is 15.4 Å². The second kappa shape index (κ2) is 8.16. The van der Waals surface area contributed by atoms with Gasteiger partial charge in [-0.15, -0.1) is 5.10 Å². The summed E-state index contributed by atoms with van der Waals surface area (Å²) in [4.78, 5) is 19.5. The van der Waals surface area contributed by atoms with Crippen LogP contribution in [0.15, 0.2) is 23.0 Å². The quantitative estimate of drug-likeness (QED) is 0.528. The predicted octanol–water partition coefficient (Wildman–Crippen LogP) is -0.221. The number of aromatic nitrogens is 5. The SMILES string of the molecule is CCC(C)(C)n1nnnc1[C@H](c1cc2c(C)ccc(C)c2[nH]c1=O)[NH+]1CC[NH+](C)CC1. The van der Waals surface area contributed by atoms with Crippen molar-refractivity contribution in [1.29, 1.82) is 0 Å². The maximum absolute atomic E-state index is 13.4. The summed E-state index contributed by atoms with van der Waals surface area (Å²) >= 11 is 0. The number of fused-ring (bicyclic) bond motifs is 1. The maximum Gasteiger partial charge on any atom is 0.258 e. The fourth-order valence-electron chi connectivity index (χ4n) is 4.59. The molecule has 1 aliphatic rings. The van der Waals surface area contributed by atoms with Crippen molar-refractivity contribution in [2.45, 2.75) is 52.6 Å². The number of nitrogens with one attached hydrogen (secondary N) is 3. The third-order valence-corrected chi connectivity index (χ3v) is 7.13. The van der Waals surface area contributed by atoms with Gasteiger partial charge in [-0.25, -0.2) is 4.68 Å². The van der Waals surface area contributed by atoms with Gasteiger partial charge in [0.15, 0.2) is 6.04 Å². The zero-order chi connectivity index (χ0) is 22.3. The van der Waals surface area contributed by atoms with E-state index in [2.05, 4.69) is 73.5 Å². The first-order chi connectivity index (χ1) is 14.7. The number of aryl methyl sites for hydroxylation is 2. The van der Waals surface area contributed by atoms with Gasteiger partial charge in [0.05, 0.1) is 23.7 Å². The van der Waals surface area contributed by atoms with Gasteiger partial charge in [0.1, 0.15) is 26.2 Å². The summed E-state index contributed by atoms with van der Waals surface area (Å²) in [6.07, 6.45) is 0.895. The largest absolute Gasteiger partial charge is 0.328 e. The van der Waals surface area contributed by atoms with Gasteiger partial charge in [0.2, 0.25) is 5.82 Å². The lowest BCUT2D eigenvalue weighted by molar-refractivity contribution is -1.02. The van der Waals surface area contributed by atoms with Gasteiger partial charge in [-0.2, -0.15) is 0 Å². The number of rotatable bonds is 5. The van der Waals surface area contributed by atoms with Gasteiger partial charge in [0, 0.05) is 5.39 Å². The third-order valence-electron chi connectivity index (χ3n) is 7.13. The number of quaternary nitrogens is 2. The lowest BCUT2D eigenvalue weighted by Crippen LogP contribution is -3.27. The number of piperazine rings is 1. The average molecular weight is 426 g/mol. The highest BCUT2D eigenvalue weighted by Crippen LogP contribution is 2.26. The monoisotopic (exact) mass is 425 g/mol. The van der Waals surface area contributed by atoms with E-state index in [1.807, 2.05) is 11.6 Å². The lowest BCUT2D eigenvalue weighted by Gasteiger charge is -2.34. The molecule has 1 aromatic carbocycles. The number of tetrazole rings is 1. The van der Waals surface area contributed by atoms with Crippen LogP contribution in [0.1, 0.15) is 55.7 Å². The minimum atomic E-state index is -0.232. The second-order valence-corrected chi connectivity index (χ2v) is 9.71. The first-order valence-electron chi connectivity index (χ1n) is 11.3. The standard InChI is InChI=1S/C23H33N7O/c1-7-23(4,5)30-21(25-26-27-30)20(29-12-10-28(6)11-13-29)18-14-17-15(2)8-9-16(3)19(17)24-22(18)31/h8-9,14,20H,7,10-13H2,1-6H3,(H,24,31)/p+2/t20-/m0/s1. The van der Waals surface area contributed by atoms with E-state index in [1.54, 1.807) is 0 Å². The number of hydrogen-bond acceptors (Lipinski definition) is 4. The van der Waals surface area contributed by atoms with Gasteiger partial charge in [-0.3, -0.25) is 4.79 Å². The molecule has 1 fully saturated rings. The van der Waals surface area contributed by atoms with E-state index in [9.17, 15) is 4.79 Å². The van der Waals surface area contributed by atoms with E-state index in [-0.39, 0.29) is 17.1 Å². The van der Waals surface area contributed by atoms with Gasteiger partial charge in [-0.05, 0) is 61.7 Å². The van der Waals surface area contributed by atoms with Crippen molar-refractivity contribution >= 4 is 10.9 Å². The molecular weight excluding hydrogens is 390 g/mol. The molecule has 1 aliphatic heterocycles. The van der Waals surface area contributed by atoms with Crippen molar-refractivity contribution < 1.29 is 9.80 Å². The van der Waals surface area contributed by atoms with E-state index >= 15 is 0 Å². The molecule has 3 heterocycles. The Morgan fingerprint density at radius 2 is 1.84 bits per heavy atom. The minimum Gasteiger partial charge on any atom is -0.328 e. The zero-order valence-electron chi connectivity index (χ0n) is 19.5. The Labute approximate surface area is 183 Å². The molecule has 8 nitrogen and oxygen atoms in total. The fraction of sp³-hybridized carbons (Fsp3) is 0.565. The topological polar surface area (TPSA) is 85.3 Å². The normalized spacial score (nSPS) is 20.8. The summed E-state index contributed by atoms with van der Waals surface area (Å²) < 4.78 is 1.93. The molecule has 0 unspecified atom stereocenters. The molecule has 0 spiro atoms. The third kappa shape index (κ3) is 3.90. The van der Waals surface area contributed by atoms with Crippen molar-refractivity contribution in [2.24, 2.45) is 0 Å². The van der Waals surface area contributed by atoms with E-state index in [0.717, 1.165) is 66.0 Å². The molecule has 4 rings (SSSR count). The fourth-order valence-corrected chi connectivity index (χ4v) is 4.59. The molecule has 31 heavy (non-hydrogen) atoms. The van der Waals surface area contributed by atoms with Crippen LogP contribution in [0.3, 0.4) is 0 Å². The number of nitrogens with zero attached hydrogens (tertiary/aromatic N) is 4. The Bertz CT molecular complexity index is 1140. The van der Waals surface area contributed by atoms with E-state index in [1.165, 1.54) is 9.80 Å². The summed E-state index contributed by atoms with van der Waals surface area (Å²) in [6.45, 7) is 14.6. The number of pyridine rings is 1. The van der Waals surface area contributed by atoms with Crippen LogP contribution in [0.4, 0.5) is 0 Å². The number of H-pyrrole nitrogens is 1. The summed E-state index contributed by atoms with van der Waals surface area (Å²) in [6, 6.07) is 6.05. The molecule has 0 saturated carbocycles. The van der Waals surface area contributed by atoms with Crippen LogP contribution in [-0.2, 0) is 5.54 Å². The highest BCUT2D eigenvalue weighted by molar-refractivity contribution is 5.85. The lowest BCUT2D eigenvalue weighted by atomic mass is 9.97. The van der Waals surface area contributed by atoms with Crippen LogP contribution in [0.5, 0.6) is 0 Å². The van der Waals surface area contributed by atoms with Crippen LogP contribution >= 0.6 is 0 Å². The highest BCUT2D eigenvalue weighted by Gasteiger charge is 2.39. The summed E-state index contributed by atoms with van der Waals surface area (Å²) in [5.74, 6) is 0.775. The van der Waals surface area contributed by atoms with Crippen molar-refractivity contribution in [2.75, 3.05) is 33.2 Å². The number of likely N-dealkylation sites (N-methyl/N-ethyl adjacent to an activating group) is 1. The highest BCUT2D eigenvalue weighted by atomic mass is 16.1. The Kier molecular flexibility index (Phi) is 5.70. The number of benzene rings is 1. The van der Waals surface area contributed by atoms with Gasteiger partial charge in [0.25, 0.3) is 5.56 Å². The van der Waals surface area contributed by atoms with Gasteiger partial charge >= 0.3 is 0 Å². The molecule has 1 saturated heterocycles. The van der Waals surface area contributed by atoms with E-state index in [4.69, 9.17) is 0 Å². The minimum absolute atomic E-state index is 0.0474. The molecule has 2 aromatic heterocycles. The smallest absolute Gasteiger partial charge is 0.258 e. The molecule has 3 N–H and O–H groups in total. The first-order valence-corrected chi connectivity index (χ1v) is 11.3. The molecule has 0 amide bonds. The average Bonchev–Trinajstić information content (AvgIpc) is 3.23. The molecule has 8 heteroatoms. The van der Waals surface area contributed by atoms with Crippen molar-refractivity contribution in [3.8, 4) is 0 Å². The Hall–Kier alpha value is -2.58. The van der Waals surface area contributed by atoms with Gasteiger partial charge in [-0.1, -0.05) is 19.1 Å². The zero-order valence-corrected chi connectivity index (χ0v) is 19.5. The van der Waals surface area contributed by atoms with Crippen LogP contribution in [0.2, 0.25) is 0 Å².